The van der Waals surface area contributed by atoms with E-state index in [1.54, 1.807) is 31.4 Å². The minimum atomic E-state index is -0.899. The Bertz CT molecular complexity index is 635. The summed E-state index contributed by atoms with van der Waals surface area (Å²) in [5.74, 6) is -1.17. The predicted molar refractivity (Wildman–Crippen MR) is 78.2 cm³/mol. The minimum absolute atomic E-state index is 0.321. The molecule has 0 aliphatic heterocycles. The third kappa shape index (κ3) is 3.60. The highest BCUT2D eigenvalue weighted by Crippen LogP contribution is 2.26. The van der Waals surface area contributed by atoms with E-state index >= 15 is 0 Å². The van der Waals surface area contributed by atoms with Crippen LogP contribution in [0.2, 0.25) is 0 Å². The van der Waals surface area contributed by atoms with Gasteiger partial charge in [0.05, 0.1) is 13.0 Å². The molecular formula is C17H17FO3. The van der Waals surface area contributed by atoms with E-state index in [2.05, 4.69) is 0 Å². The molecule has 0 aromatic heterocycles. The van der Waals surface area contributed by atoms with E-state index in [4.69, 9.17) is 4.74 Å². The number of carbonyl (C=O) groups is 1. The molecule has 0 aliphatic rings. The highest BCUT2D eigenvalue weighted by molar-refractivity contribution is 5.76. The second-order valence-corrected chi connectivity index (χ2v) is 4.95. The molecule has 0 saturated heterocycles. The second kappa shape index (κ2) is 6.39. The molecule has 2 rings (SSSR count). The first-order chi connectivity index (χ1) is 10.0. The molecule has 0 amide bonds. The van der Waals surface area contributed by atoms with Crippen LogP contribution in [-0.2, 0) is 11.2 Å². The first kappa shape index (κ1) is 15.0. The van der Waals surface area contributed by atoms with Crippen LogP contribution in [0.1, 0.15) is 22.6 Å². The Kier molecular flexibility index (Phi) is 4.58. The van der Waals surface area contributed by atoms with E-state index in [1.807, 2.05) is 13.0 Å². The second-order valence-electron chi connectivity index (χ2n) is 4.95. The molecule has 2 aromatic rings. The van der Waals surface area contributed by atoms with Crippen molar-refractivity contribution in [1.29, 1.82) is 0 Å². The van der Waals surface area contributed by atoms with E-state index in [9.17, 15) is 14.3 Å². The zero-order valence-electron chi connectivity index (χ0n) is 12.0. The van der Waals surface area contributed by atoms with Crippen molar-refractivity contribution >= 4 is 5.97 Å². The van der Waals surface area contributed by atoms with E-state index in [-0.39, 0.29) is 5.82 Å². The van der Waals surface area contributed by atoms with Gasteiger partial charge in [0.25, 0.3) is 0 Å². The number of hydrogen-bond acceptors (Lipinski definition) is 2. The zero-order valence-corrected chi connectivity index (χ0v) is 12.0. The number of halogens is 1. The van der Waals surface area contributed by atoms with Crippen molar-refractivity contribution < 1.29 is 19.0 Å². The largest absolute Gasteiger partial charge is 0.496 e. The van der Waals surface area contributed by atoms with E-state index < -0.39 is 11.9 Å². The summed E-state index contributed by atoms with van der Waals surface area (Å²) in [6.07, 6.45) is 0.321. The van der Waals surface area contributed by atoms with Crippen LogP contribution in [0, 0.1) is 12.7 Å². The Balaban J connectivity index is 2.28. The fourth-order valence-corrected chi connectivity index (χ4v) is 2.32. The van der Waals surface area contributed by atoms with Gasteiger partial charge in [-0.15, -0.1) is 0 Å². The molecule has 1 N–H and O–H groups in total. The Labute approximate surface area is 123 Å². The van der Waals surface area contributed by atoms with Gasteiger partial charge in [-0.3, -0.25) is 4.79 Å². The standard InChI is InChI=1S/C17H17FO3/c1-11-9-13(5-8-16(11)21-2)15(17(19)20)10-12-3-6-14(18)7-4-12/h3-9,15H,10H2,1-2H3,(H,19,20). The van der Waals surface area contributed by atoms with Gasteiger partial charge in [-0.25, -0.2) is 4.39 Å². The molecule has 2 aromatic carbocycles. The van der Waals surface area contributed by atoms with E-state index in [1.165, 1.54) is 12.1 Å². The topological polar surface area (TPSA) is 46.5 Å². The maximum Gasteiger partial charge on any atom is 0.311 e. The molecule has 0 radical (unpaired) electrons. The summed E-state index contributed by atoms with van der Waals surface area (Å²) in [4.78, 5) is 11.5. The van der Waals surface area contributed by atoms with Crippen molar-refractivity contribution in [3.63, 3.8) is 0 Å². The number of rotatable bonds is 5. The summed E-state index contributed by atoms with van der Waals surface area (Å²) in [7, 11) is 1.58. The molecule has 0 fully saturated rings. The smallest absolute Gasteiger partial charge is 0.311 e. The molecule has 0 spiro atoms. The van der Waals surface area contributed by atoms with Gasteiger partial charge in [0.1, 0.15) is 11.6 Å². The fraction of sp³-hybridized carbons (Fsp3) is 0.235. The maximum absolute atomic E-state index is 12.9. The molecule has 4 heteroatoms. The van der Waals surface area contributed by atoms with Gasteiger partial charge in [-0.05, 0) is 48.2 Å². The van der Waals surface area contributed by atoms with E-state index in [0.717, 1.165) is 16.9 Å². The molecule has 0 heterocycles. The van der Waals surface area contributed by atoms with Gasteiger partial charge in [0.15, 0.2) is 0 Å². The lowest BCUT2D eigenvalue weighted by atomic mass is 9.91. The SMILES string of the molecule is COc1ccc(C(Cc2ccc(F)cc2)C(=O)O)cc1C. The number of methoxy groups -OCH3 is 1. The van der Waals surface area contributed by atoms with E-state index in [0.29, 0.717) is 12.0 Å². The summed E-state index contributed by atoms with van der Waals surface area (Å²) < 4.78 is 18.1. The number of benzene rings is 2. The van der Waals surface area contributed by atoms with Gasteiger partial charge in [0, 0.05) is 0 Å². The molecule has 3 nitrogen and oxygen atoms in total. The lowest BCUT2D eigenvalue weighted by molar-refractivity contribution is -0.138. The zero-order chi connectivity index (χ0) is 15.4. The Morgan fingerprint density at radius 1 is 1.24 bits per heavy atom. The molecule has 1 unspecified atom stereocenters. The van der Waals surface area contributed by atoms with Crippen LogP contribution >= 0.6 is 0 Å². The molecule has 0 bridgehead atoms. The first-order valence-electron chi connectivity index (χ1n) is 6.63. The molecule has 21 heavy (non-hydrogen) atoms. The summed E-state index contributed by atoms with van der Waals surface area (Å²) in [6.45, 7) is 1.87. The van der Waals surface area contributed by atoms with Crippen molar-refractivity contribution in [3.05, 3.63) is 65.0 Å². The Morgan fingerprint density at radius 2 is 1.90 bits per heavy atom. The van der Waals surface area contributed by atoms with Crippen molar-refractivity contribution in [2.45, 2.75) is 19.3 Å². The van der Waals surface area contributed by atoms with Crippen LogP contribution in [0.3, 0.4) is 0 Å². The number of ether oxygens (including phenoxy) is 1. The van der Waals surface area contributed by atoms with Crippen LogP contribution in [0.15, 0.2) is 42.5 Å². The van der Waals surface area contributed by atoms with Crippen LogP contribution in [0.4, 0.5) is 4.39 Å². The highest BCUT2D eigenvalue weighted by Gasteiger charge is 2.21. The van der Waals surface area contributed by atoms with Gasteiger partial charge < -0.3 is 9.84 Å². The summed E-state index contributed by atoms with van der Waals surface area (Å²) in [5.41, 5.74) is 2.39. The average molecular weight is 288 g/mol. The van der Waals surface area contributed by atoms with Crippen molar-refractivity contribution in [1.82, 2.24) is 0 Å². The van der Waals surface area contributed by atoms with Crippen molar-refractivity contribution in [3.8, 4) is 5.75 Å². The van der Waals surface area contributed by atoms with Crippen LogP contribution in [-0.4, -0.2) is 18.2 Å². The quantitative estimate of drug-likeness (QED) is 0.915. The van der Waals surface area contributed by atoms with Crippen LogP contribution in [0.5, 0.6) is 5.75 Å². The number of aryl methyl sites for hydroxylation is 1. The molecule has 0 aliphatic carbocycles. The normalized spacial score (nSPS) is 12.0. The van der Waals surface area contributed by atoms with Gasteiger partial charge >= 0.3 is 5.97 Å². The van der Waals surface area contributed by atoms with Gasteiger partial charge in [-0.1, -0.05) is 24.3 Å². The van der Waals surface area contributed by atoms with Gasteiger partial charge in [0.2, 0.25) is 0 Å². The maximum atomic E-state index is 12.9. The minimum Gasteiger partial charge on any atom is -0.496 e. The lowest BCUT2D eigenvalue weighted by Crippen LogP contribution is -2.14. The predicted octanol–water partition coefficient (Wildman–Crippen LogP) is 3.55. The number of carboxylic acid groups (broad SMARTS) is 1. The van der Waals surface area contributed by atoms with Crippen LogP contribution in [0.25, 0.3) is 0 Å². The molecule has 110 valence electrons. The third-order valence-electron chi connectivity index (χ3n) is 3.47. The Hall–Kier alpha value is -2.36. The highest BCUT2D eigenvalue weighted by atomic mass is 19.1. The van der Waals surface area contributed by atoms with Crippen molar-refractivity contribution in [2.24, 2.45) is 0 Å². The summed E-state index contributed by atoms with van der Waals surface area (Å²) in [5, 5.41) is 9.45. The molecular weight excluding hydrogens is 271 g/mol. The van der Waals surface area contributed by atoms with Crippen molar-refractivity contribution in [2.75, 3.05) is 7.11 Å². The number of aliphatic carboxylic acids is 1. The monoisotopic (exact) mass is 288 g/mol. The number of carboxylic acids is 1. The first-order valence-corrected chi connectivity index (χ1v) is 6.63. The van der Waals surface area contributed by atoms with Crippen LogP contribution < -0.4 is 4.74 Å². The number of hydrogen-bond donors (Lipinski definition) is 1. The average Bonchev–Trinajstić information content (AvgIpc) is 2.46. The third-order valence-corrected chi connectivity index (χ3v) is 3.47. The van der Waals surface area contributed by atoms with Gasteiger partial charge in [-0.2, -0.15) is 0 Å². The molecule has 1 atom stereocenters. The summed E-state index contributed by atoms with van der Waals surface area (Å²) >= 11 is 0. The molecule has 0 saturated carbocycles. The Morgan fingerprint density at radius 3 is 2.43 bits per heavy atom. The lowest BCUT2D eigenvalue weighted by Gasteiger charge is -2.15. The fourth-order valence-electron chi connectivity index (χ4n) is 2.32. The summed E-state index contributed by atoms with van der Waals surface area (Å²) in [6, 6.07) is 11.3.